The molecule has 142 valence electrons. The molecule has 2 aromatic carbocycles. The first kappa shape index (κ1) is 18.0. The van der Waals surface area contributed by atoms with Gasteiger partial charge in [0.15, 0.2) is 0 Å². The van der Waals surface area contributed by atoms with E-state index in [2.05, 4.69) is 0 Å². The molecule has 0 saturated heterocycles. The number of hydrogen-bond donors (Lipinski definition) is 0. The molecule has 28 heavy (non-hydrogen) atoms. The van der Waals surface area contributed by atoms with Gasteiger partial charge in [0.25, 0.3) is 0 Å². The van der Waals surface area contributed by atoms with Crippen molar-refractivity contribution in [2.75, 3.05) is 6.61 Å². The third kappa shape index (κ3) is 3.69. The summed E-state index contributed by atoms with van der Waals surface area (Å²) in [7, 11) is 0. The second kappa shape index (κ2) is 7.72. The summed E-state index contributed by atoms with van der Waals surface area (Å²) >= 11 is 0. The quantitative estimate of drug-likeness (QED) is 0.287. The smallest absolute Gasteiger partial charge is 0.339 e. The largest absolute Gasteiger partial charge is 0.494 e. The zero-order valence-corrected chi connectivity index (χ0v) is 15.6. The number of benzene rings is 2. The van der Waals surface area contributed by atoms with Crippen LogP contribution in [-0.4, -0.2) is 12.6 Å². The summed E-state index contributed by atoms with van der Waals surface area (Å²) in [5.74, 6) is 0.623. The van der Waals surface area contributed by atoms with Gasteiger partial charge in [-0.25, -0.2) is 9.59 Å². The fourth-order valence-electron chi connectivity index (χ4n) is 3.48. The fourth-order valence-corrected chi connectivity index (χ4v) is 3.48. The molecule has 0 fully saturated rings. The van der Waals surface area contributed by atoms with E-state index in [-0.39, 0.29) is 5.63 Å². The predicted molar refractivity (Wildman–Crippen MR) is 107 cm³/mol. The van der Waals surface area contributed by atoms with Crippen molar-refractivity contribution < 1.29 is 18.7 Å². The summed E-state index contributed by atoms with van der Waals surface area (Å²) in [6.07, 6.45) is 5.64. The van der Waals surface area contributed by atoms with Crippen LogP contribution in [0.4, 0.5) is 0 Å². The minimum Gasteiger partial charge on any atom is -0.494 e. The van der Waals surface area contributed by atoms with Gasteiger partial charge in [-0.2, -0.15) is 0 Å². The maximum atomic E-state index is 12.1. The second-order valence-electron chi connectivity index (χ2n) is 6.61. The number of hydrogen-bond acceptors (Lipinski definition) is 5. The molecule has 0 atom stereocenters. The van der Waals surface area contributed by atoms with Crippen molar-refractivity contribution in [1.82, 2.24) is 0 Å². The number of rotatable bonds is 5. The van der Waals surface area contributed by atoms with Gasteiger partial charge in [0.2, 0.25) is 0 Å². The van der Waals surface area contributed by atoms with E-state index in [1.807, 2.05) is 37.3 Å². The highest BCUT2D eigenvalue weighted by atomic mass is 16.5. The molecule has 0 amide bonds. The summed E-state index contributed by atoms with van der Waals surface area (Å²) in [6.45, 7) is 2.53. The normalized spacial score (nSPS) is 13.0. The molecule has 4 rings (SSSR count). The predicted octanol–water partition coefficient (Wildman–Crippen LogP) is 4.30. The Bertz CT molecular complexity index is 1110. The van der Waals surface area contributed by atoms with Crippen molar-refractivity contribution in [2.45, 2.75) is 26.2 Å². The Morgan fingerprint density at radius 1 is 1.07 bits per heavy atom. The summed E-state index contributed by atoms with van der Waals surface area (Å²) < 4.78 is 16.2. The van der Waals surface area contributed by atoms with Crippen LogP contribution in [0.1, 0.15) is 30.0 Å². The Kier molecular flexibility index (Phi) is 4.98. The van der Waals surface area contributed by atoms with Crippen LogP contribution in [0.5, 0.6) is 11.5 Å². The molecule has 1 heterocycles. The average molecular weight is 376 g/mol. The van der Waals surface area contributed by atoms with Crippen LogP contribution < -0.4 is 15.1 Å². The third-order valence-corrected chi connectivity index (χ3v) is 4.77. The van der Waals surface area contributed by atoms with Gasteiger partial charge in [0.05, 0.1) is 6.61 Å². The van der Waals surface area contributed by atoms with Crippen LogP contribution in [0.3, 0.4) is 0 Å². The molecule has 0 spiro atoms. The first-order valence-corrected chi connectivity index (χ1v) is 9.35. The first-order valence-electron chi connectivity index (χ1n) is 9.35. The fraction of sp³-hybridized carbons (Fsp3) is 0.217. The topological polar surface area (TPSA) is 65.7 Å². The lowest BCUT2D eigenvalue weighted by molar-refractivity contribution is -0.128. The molecule has 0 N–H and O–H groups in total. The molecular formula is C23H20O5. The molecule has 1 aliphatic carbocycles. The molecule has 1 aromatic heterocycles. The van der Waals surface area contributed by atoms with Gasteiger partial charge in [-0.3, -0.25) is 0 Å². The van der Waals surface area contributed by atoms with Crippen LogP contribution in [-0.2, 0) is 17.6 Å². The number of carbonyl (C=O) groups excluding carboxylic acids is 1. The maximum Gasteiger partial charge on any atom is 0.339 e. The van der Waals surface area contributed by atoms with E-state index in [0.717, 1.165) is 47.1 Å². The zero-order valence-electron chi connectivity index (χ0n) is 15.6. The molecule has 0 aliphatic heterocycles. The minimum absolute atomic E-state index is 0.293. The third-order valence-electron chi connectivity index (χ3n) is 4.77. The Morgan fingerprint density at radius 2 is 1.82 bits per heavy atom. The Labute approximate surface area is 162 Å². The summed E-state index contributed by atoms with van der Waals surface area (Å²) in [6, 6.07) is 12.6. The Balaban J connectivity index is 1.49. The van der Waals surface area contributed by atoms with E-state index >= 15 is 0 Å². The number of carbonyl (C=O) groups is 1. The lowest BCUT2D eigenvalue weighted by Crippen LogP contribution is -2.07. The molecule has 3 aromatic rings. The van der Waals surface area contributed by atoms with Crippen molar-refractivity contribution >= 4 is 23.0 Å². The van der Waals surface area contributed by atoms with Gasteiger partial charge in [0, 0.05) is 23.1 Å². The minimum atomic E-state index is -0.503. The maximum absolute atomic E-state index is 12.1. The van der Waals surface area contributed by atoms with Crippen LogP contribution in [0.15, 0.2) is 57.8 Å². The highest BCUT2D eigenvalue weighted by Crippen LogP contribution is 2.29. The highest BCUT2D eigenvalue weighted by molar-refractivity contribution is 5.90. The lowest BCUT2D eigenvalue weighted by Gasteiger charge is -2.06. The van der Waals surface area contributed by atoms with Gasteiger partial charge >= 0.3 is 11.6 Å². The standard InChI is InChI=1S/C23H20O5/c1-2-26-16-9-6-15(7-10-16)8-13-22(24)27-17-11-12-19-18-4-3-5-20(18)23(25)28-21(19)14-17/h6-14H,2-5H2,1H3. The van der Waals surface area contributed by atoms with E-state index in [1.165, 1.54) is 6.08 Å². The van der Waals surface area contributed by atoms with Crippen molar-refractivity contribution in [3.8, 4) is 11.5 Å². The van der Waals surface area contributed by atoms with Crippen molar-refractivity contribution in [3.05, 3.63) is 75.7 Å². The molecule has 0 bridgehead atoms. The summed E-state index contributed by atoms with van der Waals surface area (Å²) in [5.41, 5.74) is 2.85. The number of fused-ring (bicyclic) bond motifs is 3. The van der Waals surface area contributed by atoms with E-state index in [0.29, 0.717) is 17.9 Å². The van der Waals surface area contributed by atoms with Crippen molar-refractivity contribution in [2.24, 2.45) is 0 Å². The van der Waals surface area contributed by atoms with Gasteiger partial charge in [-0.15, -0.1) is 0 Å². The van der Waals surface area contributed by atoms with Gasteiger partial charge in [-0.05, 0) is 67.7 Å². The summed E-state index contributed by atoms with van der Waals surface area (Å²) in [4.78, 5) is 24.2. The van der Waals surface area contributed by atoms with Crippen LogP contribution >= 0.6 is 0 Å². The van der Waals surface area contributed by atoms with Gasteiger partial charge in [-0.1, -0.05) is 12.1 Å². The van der Waals surface area contributed by atoms with E-state index in [1.54, 1.807) is 18.2 Å². The Morgan fingerprint density at radius 3 is 2.61 bits per heavy atom. The van der Waals surface area contributed by atoms with Gasteiger partial charge in [0.1, 0.15) is 17.1 Å². The highest BCUT2D eigenvalue weighted by Gasteiger charge is 2.19. The van der Waals surface area contributed by atoms with Crippen molar-refractivity contribution in [3.63, 3.8) is 0 Å². The number of esters is 1. The van der Waals surface area contributed by atoms with Gasteiger partial charge < -0.3 is 13.9 Å². The number of ether oxygens (including phenoxy) is 2. The molecule has 0 unspecified atom stereocenters. The van der Waals surface area contributed by atoms with E-state index in [4.69, 9.17) is 13.9 Å². The Hall–Kier alpha value is -3.34. The SMILES string of the molecule is CCOc1ccc(C=CC(=O)Oc2ccc3c4c(c(=O)oc3c2)CCC4)cc1. The molecule has 0 radical (unpaired) electrons. The molecule has 1 aliphatic rings. The lowest BCUT2D eigenvalue weighted by atomic mass is 10.1. The molecule has 0 saturated carbocycles. The monoisotopic (exact) mass is 376 g/mol. The van der Waals surface area contributed by atoms with E-state index < -0.39 is 5.97 Å². The van der Waals surface area contributed by atoms with Crippen LogP contribution in [0, 0.1) is 0 Å². The van der Waals surface area contributed by atoms with Crippen molar-refractivity contribution in [1.29, 1.82) is 0 Å². The molecule has 5 nitrogen and oxygen atoms in total. The zero-order chi connectivity index (χ0) is 19.5. The summed E-state index contributed by atoms with van der Waals surface area (Å²) in [5, 5.41) is 0.914. The van der Waals surface area contributed by atoms with Crippen LogP contribution in [0.25, 0.3) is 17.0 Å². The average Bonchev–Trinajstić information content (AvgIpc) is 3.18. The van der Waals surface area contributed by atoms with Crippen LogP contribution in [0.2, 0.25) is 0 Å². The van der Waals surface area contributed by atoms with E-state index in [9.17, 15) is 9.59 Å². The molecular weight excluding hydrogens is 356 g/mol. The molecule has 5 heteroatoms. The first-order chi connectivity index (χ1) is 13.6. The number of aryl methyl sites for hydroxylation is 1. The second-order valence-corrected chi connectivity index (χ2v) is 6.61.